The predicted octanol–water partition coefficient (Wildman–Crippen LogP) is 2.13. The quantitative estimate of drug-likeness (QED) is 0.763. The topological polar surface area (TPSA) is 66.8 Å². The van der Waals surface area contributed by atoms with Gasteiger partial charge in [0, 0.05) is 11.8 Å². The maximum absolute atomic E-state index is 10.5. The summed E-state index contributed by atoms with van der Waals surface area (Å²) in [5, 5.41) is 18.3. The fraction of sp³-hybridized carbons (Fsp3) is 0.929. The van der Waals surface area contributed by atoms with Gasteiger partial charge in [-0.1, -0.05) is 27.7 Å². The van der Waals surface area contributed by atoms with Crippen molar-refractivity contribution in [2.24, 2.45) is 11.3 Å². The Morgan fingerprint density at radius 3 is 2.33 bits per heavy atom. The first-order valence-electron chi connectivity index (χ1n) is 6.76. The minimum Gasteiger partial charge on any atom is -0.466 e. The highest BCUT2D eigenvalue weighted by atomic mass is 16.5. The summed E-state index contributed by atoms with van der Waals surface area (Å²) >= 11 is 0. The minimum atomic E-state index is -0.419. The lowest BCUT2D eigenvalue weighted by Crippen LogP contribution is -2.36. The van der Waals surface area contributed by atoms with Crippen LogP contribution in [0.1, 0.15) is 53.4 Å². The summed E-state index contributed by atoms with van der Waals surface area (Å²) in [4.78, 5) is 10.5. The first kappa shape index (κ1) is 17.4. The van der Waals surface area contributed by atoms with Gasteiger partial charge < -0.3 is 14.9 Å². The molecule has 1 fully saturated rings. The molecular formula is C14H28O4. The molecule has 4 heteroatoms. The van der Waals surface area contributed by atoms with Gasteiger partial charge >= 0.3 is 5.97 Å². The summed E-state index contributed by atoms with van der Waals surface area (Å²) in [7, 11) is 0. The maximum atomic E-state index is 10.5. The van der Waals surface area contributed by atoms with Crippen LogP contribution >= 0.6 is 0 Å². The van der Waals surface area contributed by atoms with Crippen LogP contribution in [-0.2, 0) is 9.53 Å². The van der Waals surface area contributed by atoms with Crippen LogP contribution in [0.3, 0.4) is 0 Å². The third-order valence-electron chi connectivity index (χ3n) is 3.13. The molecule has 0 radical (unpaired) electrons. The van der Waals surface area contributed by atoms with Crippen molar-refractivity contribution < 1.29 is 19.7 Å². The van der Waals surface area contributed by atoms with Crippen LogP contribution in [0, 0.1) is 11.3 Å². The van der Waals surface area contributed by atoms with Gasteiger partial charge in [-0.15, -0.1) is 0 Å². The van der Waals surface area contributed by atoms with Crippen LogP contribution in [0.5, 0.6) is 0 Å². The van der Waals surface area contributed by atoms with Crippen LogP contribution in [0.25, 0.3) is 0 Å². The van der Waals surface area contributed by atoms with Crippen LogP contribution in [0.4, 0.5) is 0 Å². The van der Waals surface area contributed by atoms with E-state index in [1.165, 1.54) is 0 Å². The fourth-order valence-electron chi connectivity index (χ4n) is 1.80. The molecular weight excluding hydrogens is 232 g/mol. The van der Waals surface area contributed by atoms with Crippen LogP contribution in [0.15, 0.2) is 0 Å². The van der Waals surface area contributed by atoms with Gasteiger partial charge in [0.05, 0.1) is 19.3 Å². The summed E-state index contributed by atoms with van der Waals surface area (Å²) in [6, 6.07) is 0. The Bertz CT molecular complexity index is 226. The van der Waals surface area contributed by atoms with Gasteiger partial charge in [-0.25, -0.2) is 0 Å². The van der Waals surface area contributed by atoms with E-state index in [0.717, 1.165) is 19.3 Å². The van der Waals surface area contributed by atoms with Crippen LogP contribution < -0.4 is 0 Å². The number of aliphatic hydroxyl groups is 2. The second-order valence-electron chi connectivity index (χ2n) is 5.87. The highest BCUT2D eigenvalue weighted by Crippen LogP contribution is 2.24. The van der Waals surface area contributed by atoms with Crippen LogP contribution in [0.2, 0.25) is 0 Å². The Morgan fingerprint density at radius 2 is 1.89 bits per heavy atom. The Balaban J connectivity index is 0.000000327. The Labute approximate surface area is 110 Å². The van der Waals surface area contributed by atoms with Crippen molar-refractivity contribution in [3.63, 3.8) is 0 Å². The molecule has 0 spiro atoms. The monoisotopic (exact) mass is 260 g/mol. The molecule has 2 N–H and O–H groups in total. The maximum Gasteiger partial charge on any atom is 0.305 e. The highest BCUT2D eigenvalue weighted by molar-refractivity contribution is 5.69. The van der Waals surface area contributed by atoms with E-state index in [0.29, 0.717) is 13.0 Å². The second kappa shape index (κ2) is 8.48. The zero-order valence-corrected chi connectivity index (χ0v) is 12.1. The Hall–Kier alpha value is -0.610. The standard InChI is InChI=1S/C8H18O2.C6H10O2/c1-6(2)7(10)8(3,4)5-9;7-6-4-2-1-3-5-8-6/h6-7,9-10H,5H2,1-4H3;1-5H2. The van der Waals surface area contributed by atoms with Crippen molar-refractivity contribution in [2.75, 3.05) is 13.2 Å². The summed E-state index contributed by atoms with van der Waals surface area (Å²) in [6.07, 6.45) is 3.41. The summed E-state index contributed by atoms with van der Waals surface area (Å²) in [6.45, 7) is 8.28. The smallest absolute Gasteiger partial charge is 0.305 e. The molecule has 108 valence electrons. The van der Waals surface area contributed by atoms with E-state index < -0.39 is 6.10 Å². The van der Waals surface area contributed by atoms with Crippen molar-refractivity contribution in [3.05, 3.63) is 0 Å². The molecule has 1 aliphatic heterocycles. The van der Waals surface area contributed by atoms with E-state index >= 15 is 0 Å². The number of carbonyl (C=O) groups excluding carboxylic acids is 1. The molecule has 0 saturated carbocycles. The molecule has 1 unspecified atom stereocenters. The van der Waals surface area contributed by atoms with E-state index in [1.807, 2.05) is 27.7 Å². The number of rotatable bonds is 3. The molecule has 0 bridgehead atoms. The second-order valence-corrected chi connectivity index (χ2v) is 5.87. The molecule has 18 heavy (non-hydrogen) atoms. The van der Waals surface area contributed by atoms with Crippen molar-refractivity contribution in [1.82, 2.24) is 0 Å². The fourth-order valence-corrected chi connectivity index (χ4v) is 1.80. The van der Waals surface area contributed by atoms with Gasteiger partial charge in [-0.05, 0) is 25.2 Å². The number of cyclic esters (lactones) is 1. The molecule has 1 rings (SSSR count). The molecule has 0 aromatic carbocycles. The number of carbonyl (C=O) groups is 1. The normalized spacial score (nSPS) is 18.5. The first-order chi connectivity index (χ1) is 8.31. The third kappa shape index (κ3) is 6.97. The van der Waals surface area contributed by atoms with Gasteiger partial charge in [0.1, 0.15) is 0 Å². The third-order valence-corrected chi connectivity index (χ3v) is 3.13. The number of ether oxygens (including phenoxy) is 1. The average Bonchev–Trinajstić information content (AvgIpc) is 2.56. The molecule has 0 aromatic rings. The molecule has 4 nitrogen and oxygen atoms in total. The number of hydrogen-bond acceptors (Lipinski definition) is 4. The van der Waals surface area contributed by atoms with Gasteiger partial charge in [-0.2, -0.15) is 0 Å². The van der Waals surface area contributed by atoms with E-state index in [9.17, 15) is 9.90 Å². The minimum absolute atomic E-state index is 0.0255. The summed E-state index contributed by atoms with van der Waals surface area (Å²) < 4.78 is 4.76. The van der Waals surface area contributed by atoms with Gasteiger partial charge in [-0.3, -0.25) is 4.79 Å². The molecule has 1 atom stereocenters. The van der Waals surface area contributed by atoms with Crippen molar-refractivity contribution in [1.29, 1.82) is 0 Å². The lowest BCUT2D eigenvalue weighted by Gasteiger charge is -2.30. The highest BCUT2D eigenvalue weighted by Gasteiger charge is 2.28. The summed E-state index contributed by atoms with van der Waals surface area (Å²) in [5.74, 6) is 0.185. The molecule has 0 aromatic heterocycles. The predicted molar refractivity (Wildman–Crippen MR) is 71.1 cm³/mol. The van der Waals surface area contributed by atoms with E-state index in [-0.39, 0.29) is 23.9 Å². The van der Waals surface area contributed by atoms with E-state index in [1.54, 1.807) is 0 Å². The lowest BCUT2D eigenvalue weighted by molar-refractivity contribution is -0.142. The van der Waals surface area contributed by atoms with Gasteiger partial charge in [0.2, 0.25) is 0 Å². The molecule has 0 aliphatic carbocycles. The Morgan fingerprint density at radius 1 is 1.28 bits per heavy atom. The van der Waals surface area contributed by atoms with E-state index in [2.05, 4.69) is 0 Å². The zero-order valence-electron chi connectivity index (χ0n) is 12.1. The largest absolute Gasteiger partial charge is 0.466 e. The molecule has 1 heterocycles. The van der Waals surface area contributed by atoms with Crippen molar-refractivity contribution >= 4 is 5.97 Å². The first-order valence-corrected chi connectivity index (χ1v) is 6.76. The number of aliphatic hydroxyl groups excluding tert-OH is 2. The van der Waals surface area contributed by atoms with Gasteiger partial charge in [0.15, 0.2) is 0 Å². The molecule has 0 amide bonds. The molecule has 1 aliphatic rings. The van der Waals surface area contributed by atoms with Crippen LogP contribution in [-0.4, -0.2) is 35.5 Å². The average molecular weight is 260 g/mol. The number of esters is 1. The SMILES string of the molecule is CC(C)C(O)C(C)(C)CO.O=C1CCCCCO1. The molecule has 1 saturated heterocycles. The van der Waals surface area contributed by atoms with E-state index in [4.69, 9.17) is 9.84 Å². The number of hydrogen-bond donors (Lipinski definition) is 2. The zero-order chi connectivity index (χ0) is 14.2. The lowest BCUT2D eigenvalue weighted by atomic mass is 9.82. The van der Waals surface area contributed by atoms with Crippen molar-refractivity contribution in [2.45, 2.75) is 59.5 Å². The van der Waals surface area contributed by atoms with Gasteiger partial charge in [0.25, 0.3) is 0 Å². The summed E-state index contributed by atoms with van der Waals surface area (Å²) in [5.41, 5.74) is -0.367. The Kier molecular flexibility index (Phi) is 8.20. The van der Waals surface area contributed by atoms with Crippen molar-refractivity contribution in [3.8, 4) is 0 Å².